The molecule has 4 nitrogen and oxygen atoms in total. The van der Waals surface area contributed by atoms with Gasteiger partial charge in [0.2, 0.25) is 0 Å². The molecule has 0 bridgehead atoms. The minimum Gasteiger partial charge on any atom is -0.231 e. The Morgan fingerprint density at radius 1 is 0.345 bits per heavy atom. The molecular formula is C51H34N4. The molecule has 4 heteroatoms. The van der Waals surface area contributed by atoms with E-state index in [4.69, 9.17) is 15.1 Å². The van der Waals surface area contributed by atoms with E-state index in [1.165, 1.54) is 11.1 Å². The van der Waals surface area contributed by atoms with Gasteiger partial charge in [-0.25, -0.2) is 14.5 Å². The Bertz CT molecular complexity index is 2920. The van der Waals surface area contributed by atoms with Crippen molar-refractivity contribution in [2.45, 2.75) is 0 Å². The van der Waals surface area contributed by atoms with Gasteiger partial charge in [0, 0.05) is 38.8 Å². The summed E-state index contributed by atoms with van der Waals surface area (Å²) >= 11 is 0. The van der Waals surface area contributed by atoms with Gasteiger partial charge in [-0.1, -0.05) is 194 Å². The minimum atomic E-state index is 0.693. The lowest BCUT2D eigenvalue weighted by molar-refractivity contribution is 0.979. The van der Waals surface area contributed by atoms with E-state index in [0.29, 0.717) is 5.82 Å². The van der Waals surface area contributed by atoms with Gasteiger partial charge < -0.3 is 0 Å². The van der Waals surface area contributed by atoms with Crippen LogP contribution in [0.15, 0.2) is 206 Å². The summed E-state index contributed by atoms with van der Waals surface area (Å²) in [6.07, 6.45) is 0. The molecule has 55 heavy (non-hydrogen) atoms. The van der Waals surface area contributed by atoms with Crippen LogP contribution in [0, 0.1) is 0 Å². The molecule has 0 aliphatic heterocycles. The summed E-state index contributed by atoms with van der Waals surface area (Å²) < 4.78 is 2.14. The molecule has 0 aliphatic carbocycles. The summed E-state index contributed by atoms with van der Waals surface area (Å²) in [6.45, 7) is 0. The molecular weight excluding hydrogens is 669 g/mol. The lowest BCUT2D eigenvalue weighted by Gasteiger charge is -2.12. The number of nitrogens with zero attached hydrogens (tertiary/aromatic N) is 4. The molecule has 0 aliphatic rings. The fourth-order valence-electron chi connectivity index (χ4n) is 7.51. The molecule has 258 valence electrons. The zero-order valence-electron chi connectivity index (χ0n) is 29.9. The topological polar surface area (TPSA) is 43.1 Å². The van der Waals surface area contributed by atoms with Crippen LogP contribution in [0.25, 0.3) is 95.0 Å². The molecule has 0 radical (unpaired) electrons. The lowest BCUT2D eigenvalue weighted by atomic mass is 9.97. The highest BCUT2D eigenvalue weighted by Crippen LogP contribution is 2.41. The normalized spacial score (nSPS) is 11.3. The van der Waals surface area contributed by atoms with E-state index in [1.807, 2.05) is 24.3 Å². The van der Waals surface area contributed by atoms with E-state index in [-0.39, 0.29) is 0 Å². The van der Waals surface area contributed by atoms with Crippen LogP contribution in [0.4, 0.5) is 0 Å². The molecule has 0 spiro atoms. The van der Waals surface area contributed by atoms with Crippen molar-refractivity contribution in [2.24, 2.45) is 0 Å². The van der Waals surface area contributed by atoms with Gasteiger partial charge in [-0.3, -0.25) is 0 Å². The van der Waals surface area contributed by atoms with Gasteiger partial charge in [-0.2, -0.15) is 5.10 Å². The molecule has 10 rings (SSSR count). The molecule has 0 amide bonds. The first-order valence-electron chi connectivity index (χ1n) is 18.5. The average molecular weight is 703 g/mol. The molecule has 0 saturated heterocycles. The first-order chi connectivity index (χ1) is 27.3. The highest BCUT2D eigenvalue weighted by Gasteiger charge is 2.21. The number of rotatable bonds is 7. The van der Waals surface area contributed by atoms with Crippen LogP contribution < -0.4 is 0 Å². The Morgan fingerprint density at radius 3 is 1.40 bits per heavy atom. The fourth-order valence-corrected chi connectivity index (χ4v) is 7.51. The van der Waals surface area contributed by atoms with E-state index >= 15 is 0 Å². The second kappa shape index (κ2) is 13.8. The monoisotopic (exact) mass is 702 g/mol. The van der Waals surface area contributed by atoms with Gasteiger partial charge in [-0.15, -0.1) is 0 Å². The summed E-state index contributed by atoms with van der Waals surface area (Å²) in [5.41, 5.74) is 14.6. The maximum Gasteiger partial charge on any atom is 0.160 e. The Morgan fingerprint density at radius 2 is 0.800 bits per heavy atom. The Hall–Kier alpha value is -7.43. The zero-order valence-corrected chi connectivity index (χ0v) is 29.9. The molecule has 0 atom stereocenters. The van der Waals surface area contributed by atoms with Crippen LogP contribution in [-0.2, 0) is 0 Å². The third kappa shape index (κ3) is 6.06. The van der Waals surface area contributed by atoms with Crippen molar-refractivity contribution < 1.29 is 0 Å². The van der Waals surface area contributed by atoms with Crippen LogP contribution in [0.5, 0.6) is 0 Å². The standard InChI is InChI=1S/C51H34N4/c1-5-15-35(16-6-1)36-25-27-37(28-26-36)45-34-46(53-51(52-45)42-21-11-4-12-22-42)38-29-31-39(32-30-38)47-33-43-23-13-14-24-44(43)50-48(40-17-7-2-8-18-40)49(54-55(47)50)41-19-9-3-10-20-41/h1-34H. The molecule has 0 N–H and O–H groups in total. The van der Waals surface area contributed by atoms with Gasteiger partial charge >= 0.3 is 0 Å². The number of pyridine rings is 1. The maximum atomic E-state index is 5.38. The third-order valence-corrected chi connectivity index (χ3v) is 10.3. The minimum absolute atomic E-state index is 0.693. The van der Waals surface area contributed by atoms with E-state index < -0.39 is 0 Å². The Balaban J connectivity index is 1.11. The van der Waals surface area contributed by atoms with E-state index in [9.17, 15) is 0 Å². The van der Waals surface area contributed by atoms with Crippen LogP contribution in [-0.4, -0.2) is 19.6 Å². The molecule has 0 saturated carbocycles. The van der Waals surface area contributed by atoms with Crippen molar-refractivity contribution in [3.05, 3.63) is 206 Å². The van der Waals surface area contributed by atoms with Crippen molar-refractivity contribution in [1.29, 1.82) is 0 Å². The van der Waals surface area contributed by atoms with E-state index in [0.717, 1.165) is 78.0 Å². The van der Waals surface area contributed by atoms with E-state index in [1.54, 1.807) is 0 Å². The van der Waals surface area contributed by atoms with Crippen molar-refractivity contribution in [2.75, 3.05) is 0 Å². The van der Waals surface area contributed by atoms with Gasteiger partial charge in [0.25, 0.3) is 0 Å². The quantitative estimate of drug-likeness (QED) is 0.166. The summed E-state index contributed by atoms with van der Waals surface area (Å²) in [5, 5.41) is 7.70. The van der Waals surface area contributed by atoms with Gasteiger partial charge in [0.05, 0.1) is 22.6 Å². The summed E-state index contributed by atoms with van der Waals surface area (Å²) in [4.78, 5) is 10.2. The van der Waals surface area contributed by atoms with Crippen molar-refractivity contribution in [1.82, 2.24) is 19.6 Å². The number of hydrogen-bond donors (Lipinski definition) is 0. The molecule has 3 heterocycles. The third-order valence-electron chi connectivity index (χ3n) is 10.3. The second-order valence-electron chi connectivity index (χ2n) is 13.7. The molecule has 0 unspecified atom stereocenters. The van der Waals surface area contributed by atoms with Crippen LogP contribution in [0.3, 0.4) is 0 Å². The lowest BCUT2D eigenvalue weighted by Crippen LogP contribution is -1.97. The second-order valence-corrected chi connectivity index (χ2v) is 13.7. The largest absolute Gasteiger partial charge is 0.231 e. The SMILES string of the molecule is c1ccc(-c2ccc(-c3cc(-c4ccc(-c5cc6ccccc6c6c(-c7ccccc7)c(-c7ccccc7)nn56)cc4)nc(-c4ccccc4)n3)cc2)cc1. The smallest absolute Gasteiger partial charge is 0.160 e. The molecule has 3 aromatic heterocycles. The first-order valence-corrected chi connectivity index (χ1v) is 18.5. The van der Waals surface area contributed by atoms with Crippen LogP contribution in [0.1, 0.15) is 0 Å². The van der Waals surface area contributed by atoms with Gasteiger partial charge in [0.15, 0.2) is 5.82 Å². The average Bonchev–Trinajstić information content (AvgIpc) is 3.69. The molecule has 0 fully saturated rings. The van der Waals surface area contributed by atoms with Gasteiger partial charge in [0.1, 0.15) is 5.69 Å². The van der Waals surface area contributed by atoms with Crippen molar-refractivity contribution in [3.8, 4) is 78.7 Å². The predicted molar refractivity (Wildman–Crippen MR) is 226 cm³/mol. The summed E-state index contributed by atoms with van der Waals surface area (Å²) in [6, 6.07) is 72.0. The Kier molecular flexibility index (Phi) is 8.12. The Labute approximate surface area is 319 Å². The highest BCUT2D eigenvalue weighted by atomic mass is 15.2. The van der Waals surface area contributed by atoms with Crippen LogP contribution in [0.2, 0.25) is 0 Å². The number of benzene rings is 7. The van der Waals surface area contributed by atoms with Crippen LogP contribution >= 0.6 is 0 Å². The van der Waals surface area contributed by atoms with E-state index in [2.05, 4.69) is 187 Å². The maximum absolute atomic E-state index is 5.38. The number of aromatic nitrogens is 4. The summed E-state index contributed by atoms with van der Waals surface area (Å²) in [5.74, 6) is 0.693. The fraction of sp³-hybridized carbons (Fsp3) is 0. The molecule has 10 aromatic rings. The highest BCUT2D eigenvalue weighted by molar-refractivity contribution is 6.08. The van der Waals surface area contributed by atoms with Crippen molar-refractivity contribution >= 4 is 16.3 Å². The predicted octanol–water partition coefficient (Wildman–Crippen LogP) is 12.9. The van der Waals surface area contributed by atoms with Crippen molar-refractivity contribution in [3.63, 3.8) is 0 Å². The summed E-state index contributed by atoms with van der Waals surface area (Å²) in [7, 11) is 0. The first kappa shape index (κ1) is 32.2. The number of hydrogen-bond acceptors (Lipinski definition) is 3. The molecule has 7 aromatic carbocycles. The van der Waals surface area contributed by atoms with Gasteiger partial charge in [-0.05, 0) is 34.2 Å². The number of fused-ring (bicyclic) bond motifs is 3. The zero-order chi connectivity index (χ0) is 36.6.